The molecule has 0 aromatic heterocycles. The van der Waals surface area contributed by atoms with Crippen LogP contribution in [0.15, 0.2) is 96.4 Å². The molecule has 0 radical (unpaired) electrons. The molecule has 160 valence electrons. The van der Waals surface area contributed by atoms with Crippen LogP contribution in [-0.2, 0) is 10.0 Å². The number of anilines is 1. The first kappa shape index (κ1) is 22.3. The van der Waals surface area contributed by atoms with E-state index in [-0.39, 0.29) is 23.4 Å². The number of nitrogens with zero attached hydrogens (tertiary/aromatic N) is 1. The van der Waals surface area contributed by atoms with Gasteiger partial charge in [-0.1, -0.05) is 48.5 Å². The number of hydrogen-bond donors (Lipinski definition) is 1. The molecule has 0 unspecified atom stereocenters. The van der Waals surface area contributed by atoms with Crippen molar-refractivity contribution < 1.29 is 13.2 Å². The van der Waals surface area contributed by atoms with Crippen molar-refractivity contribution in [3.8, 4) is 0 Å². The Balaban J connectivity index is 1.81. The van der Waals surface area contributed by atoms with E-state index in [9.17, 15) is 13.2 Å². The lowest BCUT2D eigenvalue weighted by atomic mass is 10.0. The van der Waals surface area contributed by atoms with Gasteiger partial charge in [0, 0.05) is 5.56 Å². The van der Waals surface area contributed by atoms with Gasteiger partial charge in [-0.05, 0) is 61.4 Å². The summed E-state index contributed by atoms with van der Waals surface area (Å²) in [6, 6.07) is 22.5. The molecule has 0 saturated heterocycles. The minimum atomic E-state index is -3.75. The van der Waals surface area contributed by atoms with Crippen molar-refractivity contribution in [2.24, 2.45) is 0 Å². The third-order valence-corrected chi connectivity index (χ3v) is 6.85. The van der Waals surface area contributed by atoms with E-state index in [2.05, 4.69) is 11.9 Å². The van der Waals surface area contributed by atoms with Gasteiger partial charge in [0.1, 0.15) is 0 Å². The zero-order valence-corrected chi connectivity index (χ0v) is 18.5. The number of benzene rings is 3. The second kappa shape index (κ2) is 9.62. The SMILES string of the molecule is C=CCN(c1ccc(C(=O)N[C@@H](C)c2ccccc2C)cc1)S(=O)(=O)c1ccccc1. The second-order valence-electron chi connectivity index (χ2n) is 7.24. The Hall–Kier alpha value is -3.38. The number of amides is 1. The fourth-order valence-electron chi connectivity index (χ4n) is 3.39. The van der Waals surface area contributed by atoms with Crippen molar-refractivity contribution >= 4 is 21.6 Å². The van der Waals surface area contributed by atoms with Crippen LogP contribution < -0.4 is 9.62 Å². The number of carbonyl (C=O) groups excluding carboxylic acids is 1. The molecule has 3 aromatic carbocycles. The summed E-state index contributed by atoms with van der Waals surface area (Å²) in [5.41, 5.74) is 3.09. The maximum atomic E-state index is 13.1. The van der Waals surface area contributed by atoms with Gasteiger partial charge in [-0.2, -0.15) is 0 Å². The highest BCUT2D eigenvalue weighted by Crippen LogP contribution is 2.24. The smallest absolute Gasteiger partial charge is 0.264 e. The van der Waals surface area contributed by atoms with Gasteiger partial charge in [-0.3, -0.25) is 9.10 Å². The monoisotopic (exact) mass is 434 g/mol. The van der Waals surface area contributed by atoms with Crippen LogP contribution in [0, 0.1) is 6.92 Å². The molecule has 1 atom stereocenters. The van der Waals surface area contributed by atoms with E-state index in [0.29, 0.717) is 11.3 Å². The predicted molar refractivity (Wildman–Crippen MR) is 125 cm³/mol. The molecule has 0 bridgehead atoms. The summed E-state index contributed by atoms with van der Waals surface area (Å²) in [6.45, 7) is 7.74. The number of aryl methyl sites for hydroxylation is 1. The summed E-state index contributed by atoms with van der Waals surface area (Å²) in [5.74, 6) is -0.219. The van der Waals surface area contributed by atoms with Gasteiger partial charge >= 0.3 is 0 Å². The molecule has 0 spiro atoms. The molecule has 0 aliphatic heterocycles. The molecule has 3 rings (SSSR count). The molecular formula is C25H26N2O3S. The van der Waals surface area contributed by atoms with Gasteiger partial charge < -0.3 is 5.32 Å². The average Bonchev–Trinajstić information content (AvgIpc) is 2.78. The molecule has 1 N–H and O–H groups in total. The minimum absolute atomic E-state index is 0.118. The Kier molecular flexibility index (Phi) is 6.92. The molecule has 1 amide bonds. The first-order chi connectivity index (χ1) is 14.8. The van der Waals surface area contributed by atoms with Crippen LogP contribution in [0.3, 0.4) is 0 Å². The van der Waals surface area contributed by atoms with Crippen molar-refractivity contribution in [2.75, 3.05) is 10.8 Å². The third-order valence-electron chi connectivity index (χ3n) is 5.05. The lowest BCUT2D eigenvalue weighted by Crippen LogP contribution is -2.31. The lowest BCUT2D eigenvalue weighted by Gasteiger charge is -2.23. The standard InChI is InChI=1S/C25H26N2O3S/c1-4-18-27(31(29,30)23-11-6-5-7-12-23)22-16-14-21(15-17-22)25(28)26-20(3)24-13-9-8-10-19(24)2/h4-17,20H,1,18H2,2-3H3,(H,26,28)/t20-/m0/s1. The number of nitrogens with one attached hydrogen (secondary N) is 1. The molecule has 0 aliphatic carbocycles. The molecule has 0 heterocycles. The number of sulfonamides is 1. The summed E-state index contributed by atoms with van der Waals surface area (Å²) in [4.78, 5) is 12.9. The highest BCUT2D eigenvalue weighted by Gasteiger charge is 2.24. The lowest BCUT2D eigenvalue weighted by molar-refractivity contribution is 0.0940. The average molecular weight is 435 g/mol. The summed E-state index contributed by atoms with van der Waals surface area (Å²) in [6.07, 6.45) is 1.53. The van der Waals surface area contributed by atoms with Crippen LogP contribution in [-0.4, -0.2) is 20.9 Å². The predicted octanol–water partition coefficient (Wildman–Crippen LogP) is 4.87. The van der Waals surface area contributed by atoms with E-state index in [1.807, 2.05) is 38.1 Å². The topological polar surface area (TPSA) is 66.5 Å². The Labute approximate surface area is 184 Å². The Bertz CT molecular complexity index is 1160. The number of hydrogen-bond acceptors (Lipinski definition) is 3. The molecule has 6 heteroatoms. The van der Waals surface area contributed by atoms with Crippen molar-refractivity contribution in [1.82, 2.24) is 5.32 Å². The molecular weight excluding hydrogens is 408 g/mol. The van der Waals surface area contributed by atoms with E-state index >= 15 is 0 Å². The first-order valence-electron chi connectivity index (χ1n) is 9.99. The summed E-state index contributed by atoms with van der Waals surface area (Å²) in [7, 11) is -3.75. The molecule has 3 aromatic rings. The molecule has 0 aliphatic rings. The van der Waals surface area contributed by atoms with Crippen LogP contribution in [0.2, 0.25) is 0 Å². The molecule has 0 saturated carbocycles. The van der Waals surface area contributed by atoms with Crippen LogP contribution in [0.5, 0.6) is 0 Å². The zero-order valence-electron chi connectivity index (χ0n) is 17.7. The van der Waals surface area contributed by atoms with Crippen molar-refractivity contribution in [1.29, 1.82) is 0 Å². The van der Waals surface area contributed by atoms with Gasteiger partial charge in [-0.25, -0.2) is 8.42 Å². The Morgan fingerprint density at radius 1 is 1.00 bits per heavy atom. The van der Waals surface area contributed by atoms with Crippen molar-refractivity contribution in [2.45, 2.75) is 24.8 Å². The Morgan fingerprint density at radius 3 is 2.23 bits per heavy atom. The van der Waals surface area contributed by atoms with Crippen molar-refractivity contribution in [3.63, 3.8) is 0 Å². The third kappa shape index (κ3) is 5.03. The zero-order chi connectivity index (χ0) is 22.4. The van der Waals surface area contributed by atoms with Crippen molar-refractivity contribution in [3.05, 3.63) is 108 Å². The van der Waals surface area contributed by atoms with E-state index in [4.69, 9.17) is 0 Å². The van der Waals surface area contributed by atoms with Gasteiger partial charge in [0.2, 0.25) is 0 Å². The van der Waals surface area contributed by atoms with Crippen LogP contribution in [0.25, 0.3) is 0 Å². The molecule has 0 fully saturated rings. The molecule has 31 heavy (non-hydrogen) atoms. The minimum Gasteiger partial charge on any atom is -0.346 e. The van der Waals surface area contributed by atoms with Gasteiger partial charge in [0.25, 0.3) is 15.9 Å². The quantitative estimate of drug-likeness (QED) is 0.515. The summed E-state index contributed by atoms with van der Waals surface area (Å²) in [5, 5.41) is 3.00. The normalized spacial score (nSPS) is 12.1. The maximum absolute atomic E-state index is 13.1. The Morgan fingerprint density at radius 2 is 1.61 bits per heavy atom. The number of rotatable bonds is 8. The summed E-state index contributed by atoms with van der Waals surface area (Å²) >= 11 is 0. The van der Waals surface area contributed by atoms with Crippen LogP contribution in [0.4, 0.5) is 5.69 Å². The van der Waals surface area contributed by atoms with Crippen LogP contribution >= 0.6 is 0 Å². The van der Waals surface area contributed by atoms with Gasteiger partial charge in [-0.15, -0.1) is 6.58 Å². The first-order valence-corrected chi connectivity index (χ1v) is 11.4. The van der Waals surface area contributed by atoms with Gasteiger partial charge in [0.15, 0.2) is 0 Å². The number of carbonyl (C=O) groups is 1. The second-order valence-corrected chi connectivity index (χ2v) is 9.10. The highest BCUT2D eigenvalue weighted by atomic mass is 32.2. The van der Waals surface area contributed by atoms with E-state index < -0.39 is 10.0 Å². The maximum Gasteiger partial charge on any atom is 0.264 e. The van der Waals surface area contributed by atoms with E-state index in [1.165, 1.54) is 10.4 Å². The van der Waals surface area contributed by atoms with Crippen LogP contribution in [0.1, 0.15) is 34.5 Å². The largest absolute Gasteiger partial charge is 0.346 e. The molecule has 5 nitrogen and oxygen atoms in total. The van der Waals surface area contributed by atoms with Gasteiger partial charge in [0.05, 0.1) is 23.2 Å². The summed E-state index contributed by atoms with van der Waals surface area (Å²) < 4.78 is 27.4. The fourth-order valence-corrected chi connectivity index (χ4v) is 4.85. The van der Waals surface area contributed by atoms with E-state index in [1.54, 1.807) is 54.6 Å². The van der Waals surface area contributed by atoms with E-state index in [0.717, 1.165) is 11.1 Å². The fraction of sp³-hybridized carbons (Fsp3) is 0.160. The highest BCUT2D eigenvalue weighted by molar-refractivity contribution is 7.92.